The van der Waals surface area contributed by atoms with Gasteiger partial charge in [-0.15, -0.1) is 0 Å². The van der Waals surface area contributed by atoms with Gasteiger partial charge >= 0.3 is 0 Å². The molecular weight excluding hydrogens is 429 g/mol. The Labute approximate surface area is 158 Å². The van der Waals surface area contributed by atoms with E-state index in [1.165, 1.54) is 33.3 Å². The molecule has 7 nitrogen and oxygen atoms in total. The van der Waals surface area contributed by atoms with E-state index in [4.69, 9.17) is 4.74 Å². The number of morpholine rings is 1. The van der Waals surface area contributed by atoms with E-state index in [0.717, 1.165) is 0 Å². The molecule has 3 rings (SSSR count). The van der Waals surface area contributed by atoms with Crippen LogP contribution in [0.4, 0.5) is 10.1 Å². The maximum Gasteiger partial charge on any atom is 0.272 e. The summed E-state index contributed by atoms with van der Waals surface area (Å²) >= 11 is 3.14. The molecule has 0 spiro atoms. The first kappa shape index (κ1) is 19.0. The normalized spacial score (nSPS) is 15.8. The van der Waals surface area contributed by atoms with Crippen molar-refractivity contribution in [1.82, 2.24) is 8.87 Å². The molecule has 10 heteroatoms. The zero-order valence-corrected chi connectivity index (χ0v) is 16.3. The number of hydrogen-bond donors (Lipinski definition) is 1. The van der Waals surface area contributed by atoms with Gasteiger partial charge < -0.3 is 14.6 Å². The second-order valence-corrected chi connectivity index (χ2v) is 8.62. The molecule has 1 aromatic heterocycles. The number of nitrogens with one attached hydrogen (secondary N) is 1. The summed E-state index contributed by atoms with van der Waals surface area (Å²) in [6.07, 6.45) is 1.37. The number of anilines is 1. The molecule has 140 valence electrons. The van der Waals surface area contributed by atoms with Gasteiger partial charge in [-0.05, 0) is 24.3 Å². The van der Waals surface area contributed by atoms with Crippen LogP contribution in [0.5, 0.6) is 0 Å². The topological polar surface area (TPSA) is 80.6 Å². The van der Waals surface area contributed by atoms with Gasteiger partial charge in [0.15, 0.2) is 0 Å². The van der Waals surface area contributed by atoms with Gasteiger partial charge in [-0.3, -0.25) is 4.79 Å². The number of carbonyl (C=O) groups excluding carboxylic acids is 1. The predicted molar refractivity (Wildman–Crippen MR) is 97.0 cm³/mol. The number of aromatic nitrogens is 1. The lowest BCUT2D eigenvalue weighted by Crippen LogP contribution is -2.40. The lowest BCUT2D eigenvalue weighted by atomic mass is 10.3. The van der Waals surface area contributed by atoms with Crippen molar-refractivity contribution in [3.63, 3.8) is 0 Å². The lowest BCUT2D eigenvalue weighted by Gasteiger charge is -2.25. The van der Waals surface area contributed by atoms with Gasteiger partial charge in [0.25, 0.3) is 5.91 Å². The average molecular weight is 446 g/mol. The molecule has 1 aliphatic heterocycles. The first-order valence-electron chi connectivity index (χ1n) is 7.80. The van der Waals surface area contributed by atoms with E-state index in [2.05, 4.69) is 21.2 Å². The Balaban J connectivity index is 1.84. The van der Waals surface area contributed by atoms with Crippen LogP contribution in [0.3, 0.4) is 0 Å². The van der Waals surface area contributed by atoms with Crippen LogP contribution in [-0.4, -0.2) is 49.5 Å². The third-order valence-electron chi connectivity index (χ3n) is 4.00. The van der Waals surface area contributed by atoms with Crippen molar-refractivity contribution in [2.45, 2.75) is 4.90 Å². The summed E-state index contributed by atoms with van der Waals surface area (Å²) in [4.78, 5) is 12.5. The van der Waals surface area contributed by atoms with Gasteiger partial charge in [-0.2, -0.15) is 4.31 Å². The smallest absolute Gasteiger partial charge is 0.272 e. The Kier molecular flexibility index (Phi) is 5.47. The summed E-state index contributed by atoms with van der Waals surface area (Å²) in [6.45, 7) is 1.20. The van der Waals surface area contributed by atoms with Gasteiger partial charge in [0.05, 0.1) is 18.9 Å². The molecule has 0 unspecified atom stereocenters. The third kappa shape index (κ3) is 3.83. The van der Waals surface area contributed by atoms with Gasteiger partial charge in [0.1, 0.15) is 16.4 Å². The Hall–Kier alpha value is -1.75. The Morgan fingerprint density at radius 1 is 1.27 bits per heavy atom. The lowest BCUT2D eigenvalue weighted by molar-refractivity contribution is 0.0730. The van der Waals surface area contributed by atoms with Crippen molar-refractivity contribution in [3.8, 4) is 0 Å². The molecule has 1 amide bonds. The van der Waals surface area contributed by atoms with Crippen LogP contribution in [0, 0.1) is 5.82 Å². The zero-order valence-electron chi connectivity index (χ0n) is 13.9. The molecule has 1 saturated heterocycles. The van der Waals surface area contributed by atoms with Crippen molar-refractivity contribution >= 4 is 37.5 Å². The quantitative estimate of drug-likeness (QED) is 0.781. The fourth-order valence-electron chi connectivity index (χ4n) is 2.61. The molecule has 1 fully saturated rings. The molecule has 0 radical (unpaired) electrons. The molecule has 0 saturated carbocycles. The molecule has 0 bridgehead atoms. The molecular formula is C16H17BrFN3O4S. The van der Waals surface area contributed by atoms with E-state index < -0.39 is 21.7 Å². The Bertz CT molecular complexity index is 939. The first-order chi connectivity index (χ1) is 12.3. The molecule has 0 atom stereocenters. The molecule has 0 aliphatic carbocycles. The van der Waals surface area contributed by atoms with E-state index in [9.17, 15) is 17.6 Å². The predicted octanol–water partition coefficient (Wildman–Crippen LogP) is 2.20. The second kappa shape index (κ2) is 7.47. The summed E-state index contributed by atoms with van der Waals surface area (Å²) in [5.74, 6) is -1.19. The summed E-state index contributed by atoms with van der Waals surface area (Å²) < 4.78 is 47.7. The van der Waals surface area contributed by atoms with Crippen molar-refractivity contribution < 1.29 is 22.3 Å². The number of amides is 1. The summed E-state index contributed by atoms with van der Waals surface area (Å²) in [6, 6.07) is 5.54. The number of nitrogens with zero attached hydrogens (tertiary/aromatic N) is 2. The average Bonchev–Trinajstić information content (AvgIpc) is 3.01. The highest BCUT2D eigenvalue weighted by Crippen LogP contribution is 2.22. The van der Waals surface area contributed by atoms with Gasteiger partial charge in [-0.1, -0.05) is 15.9 Å². The number of halogens is 2. The van der Waals surface area contributed by atoms with E-state index in [0.29, 0.717) is 17.7 Å². The van der Waals surface area contributed by atoms with Crippen molar-refractivity contribution in [1.29, 1.82) is 0 Å². The van der Waals surface area contributed by atoms with Gasteiger partial charge in [0, 0.05) is 30.8 Å². The fourth-order valence-corrected chi connectivity index (χ4v) is 4.43. The highest BCUT2D eigenvalue weighted by Gasteiger charge is 2.29. The zero-order chi connectivity index (χ0) is 18.9. The number of benzene rings is 1. The van der Waals surface area contributed by atoms with Crippen LogP contribution in [0.2, 0.25) is 0 Å². The van der Waals surface area contributed by atoms with Crippen LogP contribution in [0.1, 0.15) is 10.5 Å². The summed E-state index contributed by atoms with van der Waals surface area (Å²) in [5.41, 5.74) is 0.121. The number of sulfonamides is 1. The maximum absolute atomic E-state index is 13.9. The fraction of sp³-hybridized carbons (Fsp3) is 0.312. The largest absolute Gasteiger partial charge is 0.379 e. The van der Waals surface area contributed by atoms with E-state index in [-0.39, 0.29) is 29.4 Å². The Morgan fingerprint density at radius 2 is 1.96 bits per heavy atom. The number of rotatable bonds is 4. The van der Waals surface area contributed by atoms with Crippen LogP contribution in [0.15, 0.2) is 39.8 Å². The van der Waals surface area contributed by atoms with Crippen molar-refractivity contribution in [2.75, 3.05) is 31.6 Å². The Morgan fingerprint density at radius 3 is 2.62 bits per heavy atom. The number of ether oxygens (including phenoxy) is 1. The first-order valence-corrected chi connectivity index (χ1v) is 10.0. The van der Waals surface area contributed by atoms with Crippen LogP contribution in [0.25, 0.3) is 0 Å². The number of carbonyl (C=O) groups is 1. The molecule has 2 heterocycles. The second-order valence-electron chi connectivity index (χ2n) is 5.77. The standard InChI is InChI=1S/C16H17BrFN3O4S/c1-20-10-12(26(23,24)21-4-6-25-7-5-21)9-15(20)16(22)19-14-3-2-11(17)8-13(14)18/h2-3,8-10H,4-7H2,1H3,(H,19,22). The molecule has 1 aliphatic rings. The third-order valence-corrected chi connectivity index (χ3v) is 6.36. The highest BCUT2D eigenvalue weighted by atomic mass is 79.9. The SMILES string of the molecule is Cn1cc(S(=O)(=O)N2CCOCC2)cc1C(=O)Nc1ccc(Br)cc1F. The van der Waals surface area contributed by atoms with Crippen molar-refractivity contribution in [3.05, 3.63) is 46.4 Å². The summed E-state index contributed by atoms with van der Waals surface area (Å²) in [5, 5.41) is 2.45. The minimum Gasteiger partial charge on any atom is -0.379 e. The number of aryl methyl sites for hydroxylation is 1. The monoisotopic (exact) mass is 445 g/mol. The van der Waals surface area contributed by atoms with E-state index >= 15 is 0 Å². The van der Waals surface area contributed by atoms with Crippen LogP contribution >= 0.6 is 15.9 Å². The van der Waals surface area contributed by atoms with Crippen LogP contribution in [-0.2, 0) is 21.8 Å². The maximum atomic E-state index is 13.9. The minimum atomic E-state index is -3.71. The van der Waals surface area contributed by atoms with Gasteiger partial charge in [0.2, 0.25) is 10.0 Å². The summed E-state index contributed by atoms with van der Waals surface area (Å²) in [7, 11) is -2.15. The van der Waals surface area contributed by atoms with E-state index in [1.54, 1.807) is 13.1 Å². The molecule has 1 aromatic carbocycles. The minimum absolute atomic E-state index is 0.0111. The molecule has 2 aromatic rings. The van der Waals surface area contributed by atoms with Crippen LogP contribution < -0.4 is 5.32 Å². The van der Waals surface area contributed by atoms with Gasteiger partial charge in [-0.25, -0.2) is 12.8 Å². The van der Waals surface area contributed by atoms with Crippen molar-refractivity contribution in [2.24, 2.45) is 7.05 Å². The number of hydrogen-bond acceptors (Lipinski definition) is 4. The highest BCUT2D eigenvalue weighted by molar-refractivity contribution is 9.10. The molecule has 26 heavy (non-hydrogen) atoms. The van der Waals surface area contributed by atoms with E-state index in [1.807, 2.05) is 0 Å². The molecule has 1 N–H and O–H groups in total.